The van der Waals surface area contributed by atoms with Gasteiger partial charge < -0.3 is 14.2 Å². The Balaban J connectivity index is 1.02. The molecule has 0 aliphatic heterocycles. The van der Waals surface area contributed by atoms with E-state index >= 15 is 0 Å². The number of para-hydroxylation sites is 2. The van der Waals surface area contributed by atoms with Crippen molar-refractivity contribution >= 4 is 34.1 Å². The molecule has 0 bridgehead atoms. The molecule has 3 heterocycles. The fourth-order valence-corrected chi connectivity index (χ4v) is 9.93. The first-order chi connectivity index (χ1) is 29.8. The molecular formula is C56H44N4O. The number of furan rings is 1. The molecule has 3 aromatic heterocycles. The van der Waals surface area contributed by atoms with Crippen LogP contribution in [0.3, 0.4) is 0 Å². The van der Waals surface area contributed by atoms with Crippen LogP contribution in [-0.4, -0.2) is 9.97 Å². The maximum Gasteiger partial charge on any atom is 0.139 e. The molecule has 0 unspecified atom stereocenters. The van der Waals surface area contributed by atoms with Crippen molar-refractivity contribution in [2.75, 3.05) is 9.80 Å². The van der Waals surface area contributed by atoms with Crippen LogP contribution in [0.5, 0.6) is 0 Å². The number of rotatable bonds is 8. The van der Waals surface area contributed by atoms with Gasteiger partial charge in [-0.15, -0.1) is 0 Å². The van der Waals surface area contributed by atoms with Crippen LogP contribution in [0.4, 0.5) is 34.1 Å². The van der Waals surface area contributed by atoms with Gasteiger partial charge in [0.05, 0.1) is 35.1 Å². The van der Waals surface area contributed by atoms with E-state index < -0.39 is 0 Å². The average Bonchev–Trinajstić information content (AvgIpc) is 3.89. The Morgan fingerprint density at radius 1 is 0.393 bits per heavy atom. The van der Waals surface area contributed by atoms with E-state index in [0.29, 0.717) is 0 Å². The number of benzene rings is 6. The molecule has 2 aliphatic rings. The smallest absolute Gasteiger partial charge is 0.139 e. The van der Waals surface area contributed by atoms with Gasteiger partial charge in [-0.3, -0.25) is 9.97 Å². The Kier molecular flexibility index (Phi) is 8.43. The summed E-state index contributed by atoms with van der Waals surface area (Å²) in [7, 11) is 0. The first kappa shape index (κ1) is 36.6. The number of nitrogens with zero attached hydrogens (tertiary/aromatic N) is 4. The van der Waals surface area contributed by atoms with Crippen molar-refractivity contribution in [1.82, 2.24) is 9.97 Å². The Labute approximate surface area is 357 Å². The lowest BCUT2D eigenvalue weighted by molar-refractivity contribution is 0.592. The minimum Gasteiger partial charge on any atom is -0.455 e. The van der Waals surface area contributed by atoms with E-state index in [1.54, 1.807) is 0 Å². The fourth-order valence-electron chi connectivity index (χ4n) is 9.93. The van der Waals surface area contributed by atoms with Gasteiger partial charge in [-0.25, -0.2) is 0 Å². The topological polar surface area (TPSA) is 45.4 Å². The Morgan fingerprint density at radius 3 is 1.21 bits per heavy atom. The van der Waals surface area contributed by atoms with E-state index in [1.807, 2.05) is 36.9 Å². The van der Waals surface area contributed by atoms with Crippen molar-refractivity contribution in [3.63, 3.8) is 0 Å². The first-order valence-electron chi connectivity index (χ1n) is 21.0. The lowest BCUT2D eigenvalue weighted by atomic mass is 9.74. The van der Waals surface area contributed by atoms with E-state index in [2.05, 4.69) is 205 Å². The van der Waals surface area contributed by atoms with Crippen LogP contribution in [0.2, 0.25) is 0 Å². The van der Waals surface area contributed by atoms with Crippen molar-refractivity contribution in [2.24, 2.45) is 0 Å². The third kappa shape index (κ3) is 5.76. The highest BCUT2D eigenvalue weighted by molar-refractivity contribution is 5.94. The van der Waals surface area contributed by atoms with Crippen molar-refractivity contribution in [2.45, 2.75) is 38.5 Å². The van der Waals surface area contributed by atoms with Gasteiger partial charge >= 0.3 is 0 Å². The van der Waals surface area contributed by atoms with Crippen LogP contribution < -0.4 is 9.80 Å². The molecule has 6 aromatic carbocycles. The largest absolute Gasteiger partial charge is 0.455 e. The molecule has 0 atom stereocenters. The van der Waals surface area contributed by atoms with Gasteiger partial charge in [0.2, 0.25) is 0 Å². The Morgan fingerprint density at radius 2 is 0.803 bits per heavy atom. The maximum absolute atomic E-state index is 7.14. The molecule has 0 spiro atoms. The van der Waals surface area contributed by atoms with Gasteiger partial charge in [-0.05, 0) is 95.1 Å². The van der Waals surface area contributed by atoms with E-state index in [1.165, 1.54) is 22.3 Å². The number of anilines is 6. The average molecular weight is 789 g/mol. The molecule has 0 amide bonds. The molecular weight excluding hydrogens is 745 g/mol. The van der Waals surface area contributed by atoms with Crippen LogP contribution in [0.1, 0.15) is 49.9 Å². The summed E-state index contributed by atoms with van der Waals surface area (Å²) >= 11 is 0. The zero-order valence-electron chi connectivity index (χ0n) is 34.7. The zero-order chi connectivity index (χ0) is 41.3. The summed E-state index contributed by atoms with van der Waals surface area (Å²) in [5, 5.41) is 0. The van der Waals surface area contributed by atoms with Crippen LogP contribution in [-0.2, 0) is 10.8 Å². The standard InChI is InChI=1S/C56H44N4O/c1-55(2)47-33-39(59(41-21-15-31-57-35-41)49-25-13-11-23-43(49)37-17-7-5-8-18-37)27-29-45(47)53-51(55)52-54(61-53)46-30-28-40(34-48(46)56(52,3)4)60(42-22-16-32-58-36-42)50-26-14-12-24-44(50)38-19-9-6-10-20-38/h5-36H,1-4H3. The Hall–Kier alpha value is -7.50. The normalized spacial score (nSPS) is 13.8. The molecule has 0 fully saturated rings. The van der Waals surface area contributed by atoms with Gasteiger partial charge in [0.25, 0.3) is 0 Å². The second kappa shape index (κ2) is 14.1. The van der Waals surface area contributed by atoms with Crippen molar-refractivity contribution in [1.29, 1.82) is 0 Å². The van der Waals surface area contributed by atoms with Gasteiger partial charge in [0.15, 0.2) is 0 Å². The third-order valence-corrected chi connectivity index (χ3v) is 12.8. The van der Waals surface area contributed by atoms with Crippen molar-refractivity contribution in [3.05, 3.63) is 217 Å². The molecule has 294 valence electrons. The number of hydrogen-bond acceptors (Lipinski definition) is 5. The third-order valence-electron chi connectivity index (χ3n) is 12.8. The monoisotopic (exact) mass is 788 g/mol. The number of fused-ring (bicyclic) bond motifs is 7. The van der Waals surface area contributed by atoms with E-state index in [9.17, 15) is 0 Å². The van der Waals surface area contributed by atoms with Gasteiger partial charge in [0, 0.05) is 68.0 Å². The molecule has 11 rings (SSSR count). The number of pyridine rings is 2. The summed E-state index contributed by atoms with van der Waals surface area (Å²) in [4.78, 5) is 13.8. The molecule has 5 nitrogen and oxygen atoms in total. The lowest BCUT2D eigenvalue weighted by Crippen LogP contribution is -2.23. The first-order valence-corrected chi connectivity index (χ1v) is 21.0. The van der Waals surface area contributed by atoms with Crippen LogP contribution in [0.25, 0.3) is 44.9 Å². The molecule has 0 N–H and O–H groups in total. The predicted octanol–water partition coefficient (Wildman–Crippen LogP) is 15.0. The van der Waals surface area contributed by atoms with Crippen LogP contribution in [0, 0.1) is 0 Å². The van der Waals surface area contributed by atoms with Crippen molar-refractivity contribution in [3.8, 4) is 44.9 Å². The summed E-state index contributed by atoms with van der Waals surface area (Å²) < 4.78 is 7.14. The lowest BCUT2D eigenvalue weighted by Gasteiger charge is -2.31. The summed E-state index contributed by atoms with van der Waals surface area (Å²) in [6, 6.07) is 60.5. The predicted molar refractivity (Wildman–Crippen MR) is 250 cm³/mol. The molecule has 0 saturated carbocycles. The molecule has 61 heavy (non-hydrogen) atoms. The fraction of sp³-hybridized carbons (Fsp3) is 0.107. The summed E-state index contributed by atoms with van der Waals surface area (Å²) in [5.41, 5.74) is 17.6. The van der Waals surface area contributed by atoms with E-state index in [0.717, 1.165) is 79.0 Å². The molecule has 2 aliphatic carbocycles. The minimum absolute atomic E-state index is 0.337. The van der Waals surface area contributed by atoms with Gasteiger partial charge in [-0.2, -0.15) is 0 Å². The second-order valence-electron chi connectivity index (χ2n) is 17.1. The summed E-state index contributed by atoms with van der Waals surface area (Å²) in [6.07, 6.45) is 7.55. The Bertz CT molecular complexity index is 2870. The highest BCUT2D eigenvalue weighted by atomic mass is 16.3. The zero-order valence-corrected chi connectivity index (χ0v) is 34.7. The van der Waals surface area contributed by atoms with E-state index in [-0.39, 0.29) is 10.8 Å². The quantitative estimate of drug-likeness (QED) is 0.153. The highest BCUT2D eigenvalue weighted by Gasteiger charge is 2.50. The van der Waals surface area contributed by atoms with Crippen LogP contribution >= 0.6 is 0 Å². The molecule has 0 radical (unpaired) electrons. The molecule has 5 heteroatoms. The van der Waals surface area contributed by atoms with E-state index in [4.69, 9.17) is 4.42 Å². The van der Waals surface area contributed by atoms with Gasteiger partial charge in [-0.1, -0.05) is 125 Å². The highest BCUT2D eigenvalue weighted by Crippen LogP contribution is 2.62. The number of aromatic nitrogens is 2. The SMILES string of the molecule is CC1(C)c2cc(N(c3cccnc3)c3ccccc3-c3ccccc3)ccc2-c2oc3c(c21)C(C)(C)c1cc(N(c2cccnc2)c2ccccc2-c2ccccc2)ccc1-3. The summed E-state index contributed by atoms with van der Waals surface area (Å²) in [6.45, 7) is 9.44. The maximum atomic E-state index is 7.14. The van der Waals surface area contributed by atoms with Gasteiger partial charge in [0.1, 0.15) is 11.5 Å². The van der Waals surface area contributed by atoms with Crippen molar-refractivity contribution < 1.29 is 4.42 Å². The molecule has 0 saturated heterocycles. The minimum atomic E-state index is -0.337. The molecule has 9 aromatic rings. The van der Waals surface area contributed by atoms with Crippen LogP contribution in [0.15, 0.2) is 199 Å². The summed E-state index contributed by atoms with van der Waals surface area (Å²) in [5.74, 6) is 1.96. The second-order valence-corrected chi connectivity index (χ2v) is 17.1. The number of hydrogen-bond donors (Lipinski definition) is 0.